The molecule has 0 atom stereocenters. The first kappa shape index (κ1) is 23.9. The van der Waals surface area contributed by atoms with E-state index < -0.39 is 0 Å². The van der Waals surface area contributed by atoms with Crippen LogP contribution in [0.4, 0.5) is 0 Å². The molecule has 0 fully saturated rings. The van der Waals surface area contributed by atoms with E-state index in [1.165, 1.54) is 64.2 Å². The maximum Gasteiger partial charge on any atom is 0.199 e. The van der Waals surface area contributed by atoms with Crippen molar-refractivity contribution in [2.75, 3.05) is 24.6 Å². The van der Waals surface area contributed by atoms with E-state index >= 15 is 0 Å². The molecule has 0 heterocycles. The molecular weight excluding hydrogens is 313 g/mol. The Morgan fingerprint density at radius 1 is 0.478 bits per heavy atom. The molecule has 0 saturated heterocycles. The highest BCUT2D eigenvalue weighted by Crippen LogP contribution is 2.58. The number of unbranched alkanes of at least 4 members (excludes halogenated alkanes) is 5. The average Bonchev–Trinajstić information content (AvgIpc) is 2.57. The normalized spacial score (nSPS) is 11.6. The van der Waals surface area contributed by atoms with Crippen LogP contribution in [0.3, 0.4) is 0 Å². The third kappa shape index (κ3) is 12.0. The lowest BCUT2D eigenvalue weighted by Gasteiger charge is -2.33. The Balaban J connectivity index is 4.97. The third-order valence-corrected chi connectivity index (χ3v) is 12.6. The van der Waals surface area contributed by atoms with Crippen LogP contribution in [0.2, 0.25) is 6.32 Å². The fourth-order valence-corrected chi connectivity index (χ4v) is 12.1. The summed E-state index contributed by atoms with van der Waals surface area (Å²) in [5.74, 6) is 0. The summed E-state index contributed by atoms with van der Waals surface area (Å²) < 4.78 is 0. The Kier molecular flexibility index (Phi) is 18.5. The monoisotopic (exact) mass is 358 g/mol. The molecule has 0 aromatic heterocycles. The summed E-state index contributed by atoms with van der Waals surface area (Å²) in [6.45, 7) is 11.9. The quantitative estimate of drug-likeness (QED) is 0.181. The molecule has 0 nitrogen and oxygen atoms in total. The van der Waals surface area contributed by atoms with Crippen molar-refractivity contribution >= 4 is 21.8 Å². The van der Waals surface area contributed by atoms with E-state index in [0.29, 0.717) is 15.6 Å². The first-order valence-electron chi connectivity index (χ1n) is 10.7. The Labute approximate surface area is 151 Å². The number of rotatable bonds is 17. The van der Waals surface area contributed by atoms with E-state index in [-0.39, 0.29) is 0 Å². The second-order valence-corrected chi connectivity index (χ2v) is 12.9. The summed E-state index contributed by atoms with van der Waals surface area (Å²) in [5.41, 5.74) is 0. The van der Waals surface area contributed by atoms with Crippen LogP contribution in [0.1, 0.15) is 98.8 Å². The zero-order valence-electron chi connectivity index (χ0n) is 17.1. The minimum Gasteiger partial charge on any atom is -0.134 e. The van der Waals surface area contributed by atoms with E-state index in [1.54, 1.807) is 31.0 Å². The van der Waals surface area contributed by atoms with Crippen molar-refractivity contribution in [1.82, 2.24) is 0 Å². The average molecular weight is 358 g/mol. The van der Waals surface area contributed by atoms with Crippen molar-refractivity contribution in [3.8, 4) is 0 Å². The van der Waals surface area contributed by atoms with Crippen molar-refractivity contribution in [3.05, 3.63) is 0 Å². The molecule has 0 aliphatic rings. The van der Waals surface area contributed by atoms with Gasteiger partial charge < -0.3 is 0 Å². The molecule has 0 aromatic rings. The zero-order chi connectivity index (χ0) is 17.3. The summed E-state index contributed by atoms with van der Waals surface area (Å²) in [6.07, 6.45) is 23.5. The van der Waals surface area contributed by atoms with Gasteiger partial charge in [0.15, 0.2) is 6.15 Å². The van der Waals surface area contributed by atoms with Gasteiger partial charge in [-0.3, -0.25) is 0 Å². The highest BCUT2D eigenvalue weighted by Gasteiger charge is 2.30. The van der Waals surface area contributed by atoms with Crippen LogP contribution in [0.5, 0.6) is 0 Å². The molecule has 0 bridgehead atoms. The van der Waals surface area contributed by atoms with E-state index in [9.17, 15) is 0 Å². The second kappa shape index (κ2) is 17.7. The molecular formula is C20H45BP2. The van der Waals surface area contributed by atoms with Gasteiger partial charge in [-0.05, 0) is 24.6 Å². The molecule has 3 heteroatoms. The fourth-order valence-electron chi connectivity index (χ4n) is 3.25. The summed E-state index contributed by atoms with van der Waals surface area (Å²) in [7, 11) is 0.618. The molecule has 0 rings (SSSR count). The van der Waals surface area contributed by atoms with Crippen LogP contribution < -0.4 is 0 Å². The van der Waals surface area contributed by atoms with Crippen molar-refractivity contribution < 1.29 is 0 Å². The van der Waals surface area contributed by atoms with Crippen molar-refractivity contribution in [3.63, 3.8) is 0 Å². The van der Waals surface area contributed by atoms with Crippen LogP contribution in [0.25, 0.3) is 0 Å². The number of hydrogen-bond acceptors (Lipinski definition) is 0. The summed E-state index contributed by atoms with van der Waals surface area (Å²) >= 11 is 0. The Morgan fingerprint density at radius 2 is 0.783 bits per heavy atom. The molecule has 0 aliphatic carbocycles. The zero-order valence-corrected chi connectivity index (χ0v) is 18.9. The summed E-state index contributed by atoms with van der Waals surface area (Å²) in [5, 5.41) is 0. The van der Waals surface area contributed by atoms with E-state index in [4.69, 9.17) is 0 Å². The van der Waals surface area contributed by atoms with E-state index in [1.807, 2.05) is 0 Å². The molecule has 0 aromatic carbocycles. The molecule has 0 unspecified atom stereocenters. The minimum absolute atomic E-state index is 0.309. The van der Waals surface area contributed by atoms with Gasteiger partial charge >= 0.3 is 0 Å². The van der Waals surface area contributed by atoms with Gasteiger partial charge in [0.05, 0.1) is 0 Å². The van der Waals surface area contributed by atoms with Crippen molar-refractivity contribution in [2.24, 2.45) is 0 Å². The lowest BCUT2D eigenvalue weighted by molar-refractivity contribution is 0.863. The van der Waals surface area contributed by atoms with Gasteiger partial charge in [-0.1, -0.05) is 105 Å². The maximum absolute atomic E-state index is 2.39. The SMILES string of the molecule is CCCCB(P(CCCC)CCCC)P(CCCC)CCCC. The summed E-state index contributed by atoms with van der Waals surface area (Å²) in [6, 6.07) is 0. The second-order valence-electron chi connectivity index (χ2n) is 7.11. The van der Waals surface area contributed by atoms with Crippen LogP contribution in [0.15, 0.2) is 0 Å². The first-order chi connectivity index (χ1) is 11.2. The van der Waals surface area contributed by atoms with Crippen molar-refractivity contribution in [2.45, 2.75) is 105 Å². The van der Waals surface area contributed by atoms with E-state index in [2.05, 4.69) is 34.6 Å². The van der Waals surface area contributed by atoms with Gasteiger partial charge in [0.1, 0.15) is 0 Å². The lowest BCUT2D eigenvalue weighted by Crippen LogP contribution is -2.17. The third-order valence-electron chi connectivity index (χ3n) is 4.85. The van der Waals surface area contributed by atoms with Crippen LogP contribution in [-0.4, -0.2) is 30.8 Å². The van der Waals surface area contributed by atoms with Gasteiger partial charge in [0.2, 0.25) is 0 Å². The largest absolute Gasteiger partial charge is 0.199 e. The van der Waals surface area contributed by atoms with Crippen LogP contribution in [0, 0.1) is 0 Å². The van der Waals surface area contributed by atoms with Gasteiger partial charge in [-0.2, -0.15) is 0 Å². The predicted molar refractivity (Wildman–Crippen MR) is 118 cm³/mol. The Morgan fingerprint density at radius 3 is 1.04 bits per heavy atom. The van der Waals surface area contributed by atoms with Gasteiger partial charge in [0, 0.05) is 0 Å². The van der Waals surface area contributed by atoms with Crippen molar-refractivity contribution in [1.29, 1.82) is 0 Å². The molecule has 0 saturated carbocycles. The maximum atomic E-state index is 2.39. The van der Waals surface area contributed by atoms with Gasteiger partial charge in [-0.25, -0.2) is 0 Å². The molecule has 0 amide bonds. The molecule has 23 heavy (non-hydrogen) atoms. The standard InChI is InChI=1S/C20H45BP2/c1-6-11-16-21(22(17-12-7-2)18-13-8-3)23(19-14-9-4)20-15-10-5/h6-20H2,1-5H3. The Hall–Kier alpha value is 0.925. The topological polar surface area (TPSA) is 0 Å². The highest BCUT2D eigenvalue weighted by atomic mass is 31.2. The van der Waals surface area contributed by atoms with Gasteiger partial charge in [-0.15, -0.1) is 15.6 Å². The predicted octanol–water partition coefficient (Wildman–Crippen LogP) is 8.44. The molecule has 0 N–H and O–H groups in total. The van der Waals surface area contributed by atoms with Crippen LogP contribution >= 0.6 is 15.6 Å². The molecule has 138 valence electrons. The molecule has 0 radical (unpaired) electrons. The van der Waals surface area contributed by atoms with E-state index in [0.717, 1.165) is 6.15 Å². The smallest absolute Gasteiger partial charge is 0.134 e. The Bertz CT molecular complexity index is 200. The highest BCUT2D eigenvalue weighted by molar-refractivity contribution is 8.19. The van der Waals surface area contributed by atoms with Gasteiger partial charge in [0.25, 0.3) is 0 Å². The number of hydrogen-bond donors (Lipinski definition) is 0. The fraction of sp³-hybridized carbons (Fsp3) is 1.00. The molecule has 0 spiro atoms. The first-order valence-corrected chi connectivity index (χ1v) is 14.3. The lowest BCUT2D eigenvalue weighted by atomic mass is 9.96. The molecule has 0 aliphatic heterocycles. The minimum atomic E-state index is 0.309. The van der Waals surface area contributed by atoms with Crippen LogP contribution in [-0.2, 0) is 0 Å². The summed E-state index contributed by atoms with van der Waals surface area (Å²) in [4.78, 5) is 0.